The smallest absolute Gasteiger partial charge is 0.341 e. The zero-order valence-corrected chi connectivity index (χ0v) is 17.4. The van der Waals surface area contributed by atoms with Crippen LogP contribution in [0.15, 0.2) is 0 Å². The summed E-state index contributed by atoms with van der Waals surface area (Å²) >= 11 is 1.15. The summed E-state index contributed by atoms with van der Waals surface area (Å²) in [5.41, 5.74) is 0.840. The fraction of sp³-hybridized carbons (Fsp3) is 0.632. The topological polar surface area (TPSA) is 75.7 Å². The average molecular weight is 383 g/mol. The summed E-state index contributed by atoms with van der Waals surface area (Å²) in [6.07, 6.45) is 1.77. The molecule has 0 aliphatic heterocycles. The third-order valence-corrected chi connectivity index (χ3v) is 5.14. The first-order chi connectivity index (χ1) is 12.3. The number of rotatable bonds is 9. The summed E-state index contributed by atoms with van der Waals surface area (Å²) in [7, 11) is 0. The van der Waals surface area contributed by atoms with Gasteiger partial charge in [-0.3, -0.25) is 9.59 Å². The van der Waals surface area contributed by atoms with E-state index >= 15 is 0 Å². The fourth-order valence-corrected chi connectivity index (χ4v) is 3.68. The maximum Gasteiger partial charge on any atom is 0.341 e. The summed E-state index contributed by atoms with van der Waals surface area (Å²) < 4.78 is 5.32. The SMILES string of the molecule is CCCCC(=O)Nc1sc(C(=O)N(CC)CC)c(C)c1C(=O)OC(C)C. The molecule has 0 unspecified atom stereocenters. The molecule has 0 aliphatic rings. The van der Waals surface area contributed by atoms with Crippen molar-refractivity contribution in [1.82, 2.24) is 4.90 Å². The van der Waals surface area contributed by atoms with Crippen molar-refractivity contribution in [2.45, 2.75) is 66.9 Å². The van der Waals surface area contributed by atoms with E-state index in [0.29, 0.717) is 35.0 Å². The predicted octanol–water partition coefficient (Wildman–Crippen LogP) is 4.23. The molecule has 0 fully saturated rings. The van der Waals surface area contributed by atoms with E-state index < -0.39 is 5.97 Å². The standard InChI is InChI=1S/C19H30N2O4S/c1-7-10-11-14(22)20-17-15(19(24)25-12(4)5)13(6)16(26-17)18(23)21(8-2)9-3/h12H,7-11H2,1-6H3,(H,20,22). The zero-order chi connectivity index (χ0) is 19.9. The maximum absolute atomic E-state index is 12.8. The van der Waals surface area contributed by atoms with Crippen LogP contribution in [0.4, 0.5) is 5.00 Å². The minimum Gasteiger partial charge on any atom is -0.459 e. The molecule has 0 spiro atoms. The van der Waals surface area contributed by atoms with E-state index in [1.54, 1.807) is 25.7 Å². The lowest BCUT2D eigenvalue weighted by atomic mass is 10.1. The molecule has 1 aromatic rings. The third kappa shape index (κ3) is 5.56. The van der Waals surface area contributed by atoms with E-state index in [1.807, 2.05) is 20.8 Å². The second-order valence-electron chi connectivity index (χ2n) is 6.34. The number of nitrogens with zero attached hydrogens (tertiary/aromatic N) is 1. The number of carbonyl (C=O) groups is 3. The Morgan fingerprint density at radius 3 is 2.27 bits per heavy atom. The van der Waals surface area contributed by atoms with Crippen molar-refractivity contribution in [1.29, 1.82) is 0 Å². The number of esters is 1. The van der Waals surface area contributed by atoms with Crippen LogP contribution in [0.5, 0.6) is 0 Å². The molecule has 6 nitrogen and oxygen atoms in total. The summed E-state index contributed by atoms with van der Waals surface area (Å²) in [4.78, 5) is 39.6. The van der Waals surface area contributed by atoms with E-state index in [4.69, 9.17) is 4.74 Å². The van der Waals surface area contributed by atoms with Crippen LogP contribution >= 0.6 is 11.3 Å². The van der Waals surface area contributed by atoms with Crippen LogP contribution < -0.4 is 5.32 Å². The highest BCUT2D eigenvalue weighted by Crippen LogP contribution is 2.35. The summed E-state index contributed by atoms with van der Waals surface area (Å²) in [5.74, 6) is -0.808. The molecular formula is C19H30N2O4S. The molecule has 0 aliphatic carbocycles. The number of nitrogens with one attached hydrogen (secondary N) is 1. The molecule has 0 saturated carbocycles. The van der Waals surface area contributed by atoms with E-state index in [9.17, 15) is 14.4 Å². The summed E-state index contributed by atoms with van der Waals surface area (Å²) in [6, 6.07) is 0. The molecule has 1 heterocycles. The Bertz CT molecular complexity index is 648. The van der Waals surface area contributed by atoms with Crippen molar-refractivity contribution in [2.75, 3.05) is 18.4 Å². The normalized spacial score (nSPS) is 10.7. The minimum absolute atomic E-state index is 0.134. The van der Waals surface area contributed by atoms with Gasteiger partial charge in [0.1, 0.15) is 5.00 Å². The Kier molecular flexibility index (Phi) is 8.78. The van der Waals surface area contributed by atoms with Gasteiger partial charge < -0.3 is 15.0 Å². The number of thiophene rings is 1. The van der Waals surface area contributed by atoms with Gasteiger partial charge in [0.15, 0.2) is 0 Å². The van der Waals surface area contributed by atoms with E-state index in [2.05, 4.69) is 5.32 Å². The van der Waals surface area contributed by atoms with Gasteiger partial charge in [0, 0.05) is 19.5 Å². The number of hydrogen-bond donors (Lipinski definition) is 1. The zero-order valence-electron chi connectivity index (χ0n) is 16.6. The number of hydrogen-bond acceptors (Lipinski definition) is 5. The summed E-state index contributed by atoms with van der Waals surface area (Å²) in [5, 5.41) is 3.19. The molecule has 1 N–H and O–H groups in total. The molecule has 1 aromatic heterocycles. The monoisotopic (exact) mass is 382 g/mol. The van der Waals surface area contributed by atoms with Gasteiger partial charge in [-0.1, -0.05) is 13.3 Å². The first-order valence-corrected chi connectivity index (χ1v) is 10.0. The molecule has 0 saturated heterocycles. The highest BCUT2D eigenvalue weighted by molar-refractivity contribution is 7.18. The number of carbonyl (C=O) groups excluding carboxylic acids is 3. The second kappa shape index (κ2) is 10.3. The largest absolute Gasteiger partial charge is 0.459 e. The Morgan fingerprint density at radius 2 is 1.77 bits per heavy atom. The molecule has 2 amide bonds. The van der Waals surface area contributed by atoms with Crippen molar-refractivity contribution in [3.8, 4) is 0 Å². The minimum atomic E-state index is -0.516. The van der Waals surface area contributed by atoms with E-state index in [0.717, 1.165) is 24.2 Å². The average Bonchev–Trinajstić information content (AvgIpc) is 2.89. The highest BCUT2D eigenvalue weighted by Gasteiger charge is 2.28. The van der Waals surface area contributed by atoms with Crippen molar-refractivity contribution >= 4 is 34.1 Å². The predicted molar refractivity (Wildman–Crippen MR) is 105 cm³/mol. The van der Waals surface area contributed by atoms with E-state index in [-0.39, 0.29) is 23.5 Å². The molecule has 0 bridgehead atoms. The maximum atomic E-state index is 12.8. The lowest BCUT2D eigenvalue weighted by Crippen LogP contribution is -2.30. The molecule has 146 valence electrons. The molecule has 26 heavy (non-hydrogen) atoms. The molecule has 7 heteroatoms. The van der Waals surface area contributed by atoms with Crippen LogP contribution in [-0.2, 0) is 9.53 Å². The van der Waals surface area contributed by atoms with Crippen molar-refractivity contribution in [3.05, 3.63) is 16.0 Å². The van der Waals surface area contributed by atoms with Gasteiger partial charge in [-0.05, 0) is 46.6 Å². The Morgan fingerprint density at radius 1 is 1.15 bits per heavy atom. The molecule has 0 atom stereocenters. The van der Waals surface area contributed by atoms with Gasteiger partial charge in [-0.15, -0.1) is 11.3 Å². The molecular weight excluding hydrogens is 352 g/mol. The third-order valence-electron chi connectivity index (χ3n) is 3.95. The van der Waals surface area contributed by atoms with Crippen LogP contribution in [0.3, 0.4) is 0 Å². The Hall–Kier alpha value is -1.89. The highest BCUT2D eigenvalue weighted by atomic mass is 32.1. The van der Waals surface area contributed by atoms with Gasteiger partial charge in [0.2, 0.25) is 5.91 Å². The van der Waals surface area contributed by atoms with Crippen LogP contribution in [0.2, 0.25) is 0 Å². The van der Waals surface area contributed by atoms with Gasteiger partial charge in [-0.2, -0.15) is 0 Å². The van der Waals surface area contributed by atoms with Crippen LogP contribution in [-0.4, -0.2) is 41.9 Å². The van der Waals surface area contributed by atoms with E-state index in [1.165, 1.54) is 0 Å². The van der Waals surface area contributed by atoms with Gasteiger partial charge in [-0.25, -0.2) is 4.79 Å². The van der Waals surface area contributed by atoms with Crippen molar-refractivity contribution in [3.63, 3.8) is 0 Å². The van der Waals surface area contributed by atoms with Crippen molar-refractivity contribution < 1.29 is 19.1 Å². The Balaban J connectivity index is 3.28. The molecule has 1 rings (SSSR count). The van der Waals surface area contributed by atoms with Crippen LogP contribution in [0, 0.1) is 6.92 Å². The summed E-state index contributed by atoms with van der Waals surface area (Å²) in [6.45, 7) is 12.2. The number of anilines is 1. The first kappa shape index (κ1) is 22.2. The van der Waals surface area contributed by atoms with Crippen LogP contribution in [0.1, 0.15) is 79.5 Å². The number of unbranched alkanes of at least 4 members (excludes halogenated alkanes) is 1. The first-order valence-electron chi connectivity index (χ1n) is 9.20. The van der Waals surface area contributed by atoms with Crippen LogP contribution in [0.25, 0.3) is 0 Å². The number of ether oxygens (including phenoxy) is 1. The molecule has 0 radical (unpaired) electrons. The Labute approximate surface area is 159 Å². The molecule has 0 aromatic carbocycles. The second-order valence-corrected chi connectivity index (χ2v) is 7.36. The van der Waals surface area contributed by atoms with Crippen molar-refractivity contribution in [2.24, 2.45) is 0 Å². The fourth-order valence-electron chi connectivity index (χ4n) is 2.51. The van der Waals surface area contributed by atoms with Gasteiger partial charge in [0.05, 0.1) is 16.5 Å². The quantitative estimate of drug-likeness (QED) is 0.648. The van der Waals surface area contributed by atoms with Gasteiger partial charge >= 0.3 is 5.97 Å². The lowest BCUT2D eigenvalue weighted by Gasteiger charge is -2.18. The lowest BCUT2D eigenvalue weighted by molar-refractivity contribution is -0.116. The van der Waals surface area contributed by atoms with Gasteiger partial charge in [0.25, 0.3) is 5.91 Å². The number of amides is 2.